The topological polar surface area (TPSA) is 111 Å². The van der Waals surface area contributed by atoms with Gasteiger partial charge < -0.3 is 15.4 Å². The summed E-state index contributed by atoms with van der Waals surface area (Å²) in [5, 5.41) is 19.8. The zero-order chi connectivity index (χ0) is 16.1. The van der Waals surface area contributed by atoms with Crippen molar-refractivity contribution < 1.29 is 4.74 Å². The zero-order valence-electron chi connectivity index (χ0n) is 12.7. The van der Waals surface area contributed by atoms with E-state index in [9.17, 15) is 0 Å². The number of morpholine rings is 1. The number of nitrogens with one attached hydrogen (secondary N) is 2. The van der Waals surface area contributed by atoms with E-state index in [0.29, 0.717) is 0 Å². The number of hydrogen-bond acceptors (Lipinski definition) is 6. The van der Waals surface area contributed by atoms with Gasteiger partial charge in [0.15, 0.2) is 5.84 Å². The first kappa shape index (κ1) is 15.8. The summed E-state index contributed by atoms with van der Waals surface area (Å²) in [5.41, 5.74) is 9.66. The monoisotopic (exact) mass is 300 g/mol. The summed E-state index contributed by atoms with van der Waals surface area (Å²) >= 11 is 0. The van der Waals surface area contributed by atoms with Crippen LogP contribution in [0.1, 0.15) is 13.8 Å². The van der Waals surface area contributed by atoms with Crippen molar-refractivity contribution >= 4 is 22.9 Å². The molecule has 0 radical (unpaired) electrons. The van der Waals surface area contributed by atoms with Gasteiger partial charge in [0.25, 0.3) is 0 Å². The molecule has 1 aliphatic rings. The van der Waals surface area contributed by atoms with E-state index in [4.69, 9.17) is 21.1 Å². The van der Waals surface area contributed by atoms with Crippen LogP contribution in [-0.2, 0) is 4.74 Å². The second kappa shape index (κ2) is 6.91. The lowest BCUT2D eigenvalue weighted by Crippen LogP contribution is -2.45. The predicted molar refractivity (Wildman–Crippen MR) is 87.2 cm³/mol. The van der Waals surface area contributed by atoms with Crippen LogP contribution in [0, 0.1) is 16.7 Å². The van der Waals surface area contributed by atoms with Crippen molar-refractivity contribution in [1.29, 1.82) is 10.7 Å². The first-order chi connectivity index (χ1) is 10.5. The van der Waals surface area contributed by atoms with E-state index in [0.717, 1.165) is 24.5 Å². The van der Waals surface area contributed by atoms with E-state index in [1.807, 2.05) is 24.3 Å². The predicted octanol–water partition coefficient (Wildman–Crippen LogP) is 1.53. The first-order valence-electron chi connectivity index (χ1n) is 7.08. The molecule has 0 amide bonds. The normalized spacial score (nSPS) is 22.0. The molecule has 2 atom stereocenters. The number of hydrogen-bond donors (Lipinski definition) is 3. The van der Waals surface area contributed by atoms with E-state index in [1.54, 1.807) is 6.07 Å². The van der Waals surface area contributed by atoms with Crippen molar-refractivity contribution in [3.8, 4) is 6.07 Å². The van der Waals surface area contributed by atoms with Crippen LogP contribution in [-0.4, -0.2) is 36.8 Å². The lowest BCUT2D eigenvalue weighted by molar-refractivity contribution is -0.00521. The second-order valence-electron chi connectivity index (χ2n) is 5.31. The van der Waals surface area contributed by atoms with Gasteiger partial charge >= 0.3 is 0 Å². The van der Waals surface area contributed by atoms with Gasteiger partial charge in [-0.2, -0.15) is 10.4 Å². The number of nitrogens with two attached hydrogens (primary N) is 1. The molecule has 0 saturated carbocycles. The minimum atomic E-state index is -0.358. The van der Waals surface area contributed by atoms with Gasteiger partial charge in [0.2, 0.25) is 5.71 Å². The molecule has 4 N–H and O–H groups in total. The van der Waals surface area contributed by atoms with Crippen LogP contribution in [0.25, 0.3) is 0 Å². The van der Waals surface area contributed by atoms with Crippen LogP contribution in [0.5, 0.6) is 0 Å². The van der Waals surface area contributed by atoms with Crippen LogP contribution in [0.4, 0.5) is 11.4 Å². The molecule has 1 aromatic rings. The second-order valence-corrected chi connectivity index (χ2v) is 5.31. The summed E-state index contributed by atoms with van der Waals surface area (Å²) in [6.07, 6.45) is 0.416. The Morgan fingerprint density at radius 2 is 1.95 bits per heavy atom. The minimum absolute atomic E-state index is 0.139. The Morgan fingerprint density at radius 1 is 1.36 bits per heavy atom. The number of rotatable bonds is 4. The fourth-order valence-corrected chi connectivity index (χ4v) is 2.40. The number of ether oxygens (including phenoxy) is 1. The van der Waals surface area contributed by atoms with Crippen molar-refractivity contribution in [1.82, 2.24) is 0 Å². The number of nitrogens with zero attached hydrogens (tertiary/aromatic N) is 3. The Bertz CT molecular complexity index is 593. The fraction of sp³-hybridized carbons (Fsp3) is 0.400. The van der Waals surface area contributed by atoms with Gasteiger partial charge in [-0.3, -0.25) is 10.8 Å². The van der Waals surface area contributed by atoms with Crippen molar-refractivity contribution in [2.45, 2.75) is 26.1 Å². The van der Waals surface area contributed by atoms with Gasteiger partial charge in [0, 0.05) is 18.8 Å². The highest BCUT2D eigenvalue weighted by atomic mass is 16.5. The van der Waals surface area contributed by atoms with E-state index in [1.165, 1.54) is 0 Å². The molecular formula is C15H20N6O. The highest BCUT2D eigenvalue weighted by Gasteiger charge is 2.22. The highest BCUT2D eigenvalue weighted by molar-refractivity contribution is 6.45. The Hall–Kier alpha value is -2.59. The van der Waals surface area contributed by atoms with Gasteiger partial charge in [-0.1, -0.05) is 0 Å². The quantitative estimate of drug-likeness (QED) is 0.443. The van der Waals surface area contributed by atoms with Crippen molar-refractivity contribution in [3.05, 3.63) is 24.3 Å². The summed E-state index contributed by atoms with van der Waals surface area (Å²) in [5.74, 6) is -0.358. The molecule has 0 aromatic heterocycles. The maximum absolute atomic E-state index is 8.78. The van der Waals surface area contributed by atoms with Crippen molar-refractivity contribution in [2.75, 3.05) is 23.4 Å². The summed E-state index contributed by atoms with van der Waals surface area (Å²) in [6, 6.07) is 9.48. The van der Waals surface area contributed by atoms with E-state index in [-0.39, 0.29) is 23.8 Å². The molecule has 22 heavy (non-hydrogen) atoms. The number of benzene rings is 1. The van der Waals surface area contributed by atoms with Crippen LogP contribution < -0.4 is 16.1 Å². The van der Waals surface area contributed by atoms with Gasteiger partial charge in [-0.15, -0.1) is 0 Å². The molecule has 2 unspecified atom stereocenters. The average molecular weight is 300 g/mol. The van der Waals surface area contributed by atoms with Crippen molar-refractivity contribution in [3.63, 3.8) is 0 Å². The summed E-state index contributed by atoms with van der Waals surface area (Å²) in [4.78, 5) is 2.28. The van der Waals surface area contributed by atoms with Gasteiger partial charge in [-0.05, 0) is 38.1 Å². The van der Waals surface area contributed by atoms with Crippen molar-refractivity contribution in [2.24, 2.45) is 10.8 Å². The summed E-state index contributed by atoms with van der Waals surface area (Å²) < 4.78 is 5.73. The molecule has 0 bridgehead atoms. The molecular weight excluding hydrogens is 280 g/mol. The number of hydrazone groups is 1. The summed E-state index contributed by atoms with van der Waals surface area (Å²) in [6.45, 7) is 5.85. The van der Waals surface area contributed by atoms with Crippen LogP contribution in [0.15, 0.2) is 29.4 Å². The molecule has 7 heteroatoms. The minimum Gasteiger partial charge on any atom is -0.382 e. The SMILES string of the molecule is CC1CN(c2ccc(N/N=C(\C#N)C(=N)N)cc2)CC(C)O1. The maximum Gasteiger partial charge on any atom is 0.201 e. The Labute approximate surface area is 129 Å². The summed E-state index contributed by atoms with van der Waals surface area (Å²) in [7, 11) is 0. The molecule has 0 spiro atoms. The number of anilines is 2. The molecule has 1 aromatic carbocycles. The van der Waals surface area contributed by atoms with Crippen LogP contribution >= 0.6 is 0 Å². The molecule has 2 rings (SSSR count). The van der Waals surface area contributed by atoms with E-state index < -0.39 is 0 Å². The number of amidine groups is 1. The van der Waals surface area contributed by atoms with Crippen LogP contribution in [0.2, 0.25) is 0 Å². The van der Waals surface area contributed by atoms with E-state index >= 15 is 0 Å². The standard InChI is InChI=1S/C15H20N6O/c1-10-8-21(9-11(2)22-10)13-5-3-12(4-6-13)19-20-14(7-16)15(17)18/h3-6,10-11,19H,8-9H2,1-2H3,(H3,17,18)/b20-14+. The fourth-order valence-electron chi connectivity index (χ4n) is 2.40. The lowest BCUT2D eigenvalue weighted by atomic mass is 10.2. The first-order valence-corrected chi connectivity index (χ1v) is 7.08. The van der Waals surface area contributed by atoms with Gasteiger partial charge in [-0.25, -0.2) is 0 Å². The Morgan fingerprint density at radius 3 is 2.45 bits per heavy atom. The Kier molecular flexibility index (Phi) is 4.96. The molecule has 1 heterocycles. The largest absolute Gasteiger partial charge is 0.382 e. The van der Waals surface area contributed by atoms with E-state index in [2.05, 4.69) is 29.3 Å². The highest BCUT2D eigenvalue weighted by Crippen LogP contribution is 2.22. The zero-order valence-corrected chi connectivity index (χ0v) is 12.7. The van der Waals surface area contributed by atoms with Gasteiger partial charge in [0.1, 0.15) is 6.07 Å². The molecule has 1 aliphatic heterocycles. The smallest absolute Gasteiger partial charge is 0.201 e. The molecule has 0 aliphatic carbocycles. The third-order valence-electron chi connectivity index (χ3n) is 3.31. The maximum atomic E-state index is 8.78. The molecule has 7 nitrogen and oxygen atoms in total. The van der Waals surface area contributed by atoms with Gasteiger partial charge in [0.05, 0.1) is 17.9 Å². The third-order valence-corrected chi connectivity index (χ3v) is 3.31. The molecule has 116 valence electrons. The van der Waals surface area contributed by atoms with Crippen LogP contribution in [0.3, 0.4) is 0 Å². The molecule has 1 fully saturated rings. The number of nitriles is 1. The lowest BCUT2D eigenvalue weighted by Gasteiger charge is -2.36. The average Bonchev–Trinajstić information content (AvgIpc) is 2.47. The molecule has 1 saturated heterocycles. The Balaban J connectivity index is 2.04. The third kappa shape index (κ3) is 3.96.